The molecule has 0 atom stereocenters. The maximum Gasteiger partial charge on any atom is 0.415 e. The number of hydrogen-bond acceptors (Lipinski definition) is 5. The molecule has 1 saturated heterocycles. The number of benzene rings is 1. The first-order valence-corrected chi connectivity index (χ1v) is 9.70. The molecule has 1 aromatic rings. The number of carbonyl (C=O) groups excluding carboxylic acids is 1. The van der Waals surface area contributed by atoms with E-state index < -0.39 is 11.7 Å². The lowest BCUT2D eigenvalue weighted by Gasteiger charge is -2.31. The van der Waals surface area contributed by atoms with Crippen molar-refractivity contribution in [3.05, 3.63) is 52.1 Å². The zero-order chi connectivity index (χ0) is 20.0. The molecule has 1 fully saturated rings. The molecule has 27 heavy (non-hydrogen) atoms. The minimum Gasteiger partial charge on any atom is -0.443 e. The Morgan fingerprint density at radius 3 is 2.41 bits per heavy atom. The second kappa shape index (κ2) is 8.79. The van der Waals surface area contributed by atoms with E-state index in [-0.39, 0.29) is 5.57 Å². The van der Waals surface area contributed by atoms with Gasteiger partial charge in [0.1, 0.15) is 23.3 Å². The van der Waals surface area contributed by atoms with Gasteiger partial charge in [-0.05, 0) is 45.8 Å². The van der Waals surface area contributed by atoms with Crippen LogP contribution >= 0.6 is 11.8 Å². The van der Waals surface area contributed by atoms with E-state index >= 15 is 0 Å². The van der Waals surface area contributed by atoms with E-state index in [2.05, 4.69) is 0 Å². The lowest BCUT2D eigenvalue weighted by atomic mass is 10.00. The van der Waals surface area contributed by atoms with Crippen molar-refractivity contribution in [2.45, 2.75) is 39.7 Å². The summed E-state index contributed by atoms with van der Waals surface area (Å²) in [6.45, 7) is 8.00. The van der Waals surface area contributed by atoms with Gasteiger partial charge in [0.2, 0.25) is 0 Å². The Hall–Kier alpha value is -2.70. The average molecular weight is 382 g/mol. The van der Waals surface area contributed by atoms with Gasteiger partial charge < -0.3 is 4.74 Å². The summed E-state index contributed by atoms with van der Waals surface area (Å²) in [7, 11) is 0. The summed E-state index contributed by atoms with van der Waals surface area (Å²) in [5.41, 5.74) is 1.79. The van der Waals surface area contributed by atoms with Gasteiger partial charge in [-0.15, -0.1) is 11.8 Å². The zero-order valence-electron chi connectivity index (χ0n) is 16.1. The molecular weight excluding hydrogens is 358 g/mol. The van der Waals surface area contributed by atoms with Crippen molar-refractivity contribution >= 4 is 23.4 Å². The monoisotopic (exact) mass is 381 g/mol. The van der Waals surface area contributed by atoms with Crippen LogP contribution in [0, 0.1) is 29.6 Å². The van der Waals surface area contributed by atoms with Gasteiger partial charge in [0.25, 0.3) is 0 Å². The standard InChI is InChI=1S/C21H23N3O2S/c1-15-6-8-16(9-7-15)18(17(13-22)14-23)12-19-24(10-5-11-27-19)20(25)26-21(2,3)4/h6-9,12H,5,10-11H2,1-4H3/b19-12-. The van der Waals surface area contributed by atoms with Crippen LogP contribution in [0.15, 0.2) is 40.9 Å². The number of nitriles is 2. The summed E-state index contributed by atoms with van der Waals surface area (Å²) >= 11 is 1.52. The second-order valence-electron chi connectivity index (χ2n) is 7.19. The molecule has 1 aromatic carbocycles. The Labute approximate surface area is 164 Å². The van der Waals surface area contributed by atoms with E-state index in [1.165, 1.54) is 11.8 Å². The molecule has 1 amide bonds. The van der Waals surface area contributed by atoms with Crippen molar-refractivity contribution in [2.75, 3.05) is 12.3 Å². The van der Waals surface area contributed by atoms with E-state index in [1.54, 1.807) is 11.0 Å². The molecule has 140 valence electrons. The van der Waals surface area contributed by atoms with Gasteiger partial charge in [-0.25, -0.2) is 4.79 Å². The Morgan fingerprint density at radius 2 is 1.85 bits per heavy atom. The van der Waals surface area contributed by atoms with Crippen molar-refractivity contribution in [2.24, 2.45) is 0 Å². The summed E-state index contributed by atoms with van der Waals surface area (Å²) < 4.78 is 5.51. The zero-order valence-corrected chi connectivity index (χ0v) is 16.9. The molecule has 2 rings (SSSR count). The van der Waals surface area contributed by atoms with Crippen LogP contribution in [0.1, 0.15) is 38.3 Å². The summed E-state index contributed by atoms with van der Waals surface area (Å²) in [5, 5.41) is 19.5. The van der Waals surface area contributed by atoms with Crippen LogP contribution < -0.4 is 0 Å². The molecule has 0 unspecified atom stereocenters. The minimum atomic E-state index is -0.593. The van der Waals surface area contributed by atoms with Crippen LogP contribution in [0.25, 0.3) is 5.57 Å². The molecule has 5 nitrogen and oxygen atoms in total. The molecule has 6 heteroatoms. The third kappa shape index (κ3) is 5.64. The molecule has 1 aliphatic heterocycles. The number of thioether (sulfide) groups is 1. The average Bonchev–Trinajstić information content (AvgIpc) is 2.61. The largest absolute Gasteiger partial charge is 0.443 e. The van der Waals surface area contributed by atoms with Crippen LogP contribution in [0.2, 0.25) is 0 Å². The number of nitrogens with zero attached hydrogens (tertiary/aromatic N) is 3. The quantitative estimate of drug-likeness (QED) is 0.673. The maximum atomic E-state index is 12.6. The van der Waals surface area contributed by atoms with Crippen LogP contribution in [0.4, 0.5) is 4.79 Å². The molecule has 0 N–H and O–H groups in total. The molecule has 0 aliphatic carbocycles. The molecule has 0 aromatic heterocycles. The normalized spacial score (nSPS) is 15.6. The summed E-state index contributed by atoms with van der Waals surface area (Å²) in [6.07, 6.45) is 2.19. The van der Waals surface area contributed by atoms with E-state index in [9.17, 15) is 15.3 Å². The first kappa shape index (κ1) is 20.6. The predicted molar refractivity (Wildman–Crippen MR) is 107 cm³/mol. The van der Waals surface area contributed by atoms with Crippen LogP contribution in [0.3, 0.4) is 0 Å². The Bertz CT molecular complexity index is 833. The second-order valence-corrected chi connectivity index (χ2v) is 8.31. The van der Waals surface area contributed by atoms with Crippen molar-refractivity contribution in [3.8, 4) is 12.1 Å². The molecule has 1 aliphatic rings. The third-order valence-electron chi connectivity index (χ3n) is 3.78. The van der Waals surface area contributed by atoms with Crippen LogP contribution in [-0.2, 0) is 4.74 Å². The maximum absolute atomic E-state index is 12.6. The molecule has 1 heterocycles. The topological polar surface area (TPSA) is 77.1 Å². The van der Waals surface area contributed by atoms with E-state index in [1.807, 2.05) is 64.1 Å². The molecule has 0 bridgehead atoms. The highest BCUT2D eigenvalue weighted by Gasteiger charge is 2.27. The number of carbonyl (C=O) groups is 1. The van der Waals surface area contributed by atoms with Crippen LogP contribution in [-0.4, -0.2) is 28.9 Å². The first-order valence-electron chi connectivity index (χ1n) is 8.71. The van der Waals surface area contributed by atoms with Crippen molar-refractivity contribution in [1.82, 2.24) is 4.90 Å². The van der Waals surface area contributed by atoms with Gasteiger partial charge in [-0.2, -0.15) is 10.5 Å². The summed E-state index contributed by atoms with van der Waals surface area (Å²) in [5.74, 6) is 0.862. The summed E-state index contributed by atoms with van der Waals surface area (Å²) in [6, 6.07) is 11.5. The Morgan fingerprint density at radius 1 is 1.22 bits per heavy atom. The first-order chi connectivity index (χ1) is 12.7. The van der Waals surface area contributed by atoms with Gasteiger partial charge in [0.05, 0.1) is 5.03 Å². The summed E-state index contributed by atoms with van der Waals surface area (Å²) in [4.78, 5) is 14.2. The predicted octanol–water partition coefficient (Wildman–Crippen LogP) is 5.01. The molecule has 0 radical (unpaired) electrons. The van der Waals surface area contributed by atoms with E-state index in [0.29, 0.717) is 17.1 Å². The number of amides is 1. The highest BCUT2D eigenvalue weighted by Crippen LogP contribution is 2.32. The van der Waals surface area contributed by atoms with Gasteiger partial charge in [0.15, 0.2) is 0 Å². The number of aryl methyl sites for hydroxylation is 1. The third-order valence-corrected chi connectivity index (χ3v) is 4.91. The fourth-order valence-corrected chi connectivity index (χ4v) is 3.51. The fraction of sp³-hybridized carbons (Fsp3) is 0.381. The lowest BCUT2D eigenvalue weighted by molar-refractivity contribution is 0.0326. The van der Waals surface area contributed by atoms with Gasteiger partial charge >= 0.3 is 6.09 Å². The minimum absolute atomic E-state index is 0.0154. The fourth-order valence-electron chi connectivity index (χ4n) is 2.51. The number of allylic oxidation sites excluding steroid dienone is 3. The van der Waals surface area contributed by atoms with Crippen molar-refractivity contribution in [1.29, 1.82) is 10.5 Å². The van der Waals surface area contributed by atoms with Crippen molar-refractivity contribution in [3.63, 3.8) is 0 Å². The molecular formula is C21H23N3O2S. The highest BCUT2D eigenvalue weighted by molar-refractivity contribution is 8.03. The van der Waals surface area contributed by atoms with Gasteiger partial charge in [-0.3, -0.25) is 4.90 Å². The Balaban J connectivity index is 2.49. The van der Waals surface area contributed by atoms with E-state index in [0.717, 1.165) is 23.3 Å². The van der Waals surface area contributed by atoms with Crippen LogP contribution in [0.5, 0.6) is 0 Å². The molecule has 0 spiro atoms. The Kier molecular flexibility index (Phi) is 6.71. The lowest BCUT2D eigenvalue weighted by Crippen LogP contribution is -2.38. The van der Waals surface area contributed by atoms with Gasteiger partial charge in [0, 0.05) is 17.9 Å². The van der Waals surface area contributed by atoms with E-state index in [4.69, 9.17) is 4.74 Å². The number of hydrogen-bond donors (Lipinski definition) is 0. The van der Waals surface area contributed by atoms with Crippen molar-refractivity contribution < 1.29 is 9.53 Å². The highest BCUT2D eigenvalue weighted by atomic mass is 32.2. The number of rotatable bonds is 2. The number of ether oxygens (including phenoxy) is 1. The molecule has 0 saturated carbocycles. The van der Waals surface area contributed by atoms with Gasteiger partial charge in [-0.1, -0.05) is 29.8 Å². The SMILES string of the molecule is Cc1ccc(C(/C=C2\SCCCN2C(=O)OC(C)(C)C)=C(C#N)C#N)cc1. The smallest absolute Gasteiger partial charge is 0.415 e.